The summed E-state index contributed by atoms with van der Waals surface area (Å²) in [6.07, 6.45) is 9.03. The van der Waals surface area contributed by atoms with Crippen molar-refractivity contribution in [1.29, 1.82) is 0 Å². The first-order valence-corrected chi connectivity index (χ1v) is 5.95. The number of aliphatic hydroxyl groups is 1. The van der Waals surface area contributed by atoms with E-state index in [0.717, 1.165) is 31.4 Å². The molecule has 0 radical (unpaired) electrons. The number of nitrogens with one attached hydrogen (secondary N) is 1. The predicted molar refractivity (Wildman–Crippen MR) is 61.8 cm³/mol. The number of rotatable bonds is 3. The normalized spacial score (nSPS) is 27.6. The highest BCUT2D eigenvalue weighted by Crippen LogP contribution is 2.20. The van der Waals surface area contributed by atoms with Gasteiger partial charge >= 0.3 is 0 Å². The van der Waals surface area contributed by atoms with Crippen LogP contribution in [0.3, 0.4) is 0 Å². The highest BCUT2D eigenvalue weighted by Gasteiger charge is 2.21. The number of hydrogen-bond donors (Lipinski definition) is 2. The van der Waals surface area contributed by atoms with Crippen molar-refractivity contribution in [1.82, 2.24) is 15.3 Å². The predicted octanol–water partition coefficient (Wildman–Crippen LogP) is 1.43. The van der Waals surface area contributed by atoms with Crippen LogP contribution in [0, 0.1) is 0 Å². The third-order valence-corrected chi connectivity index (χ3v) is 3.21. The van der Waals surface area contributed by atoms with Crippen LogP contribution in [-0.2, 0) is 0 Å². The van der Waals surface area contributed by atoms with Crippen LogP contribution in [0.1, 0.15) is 44.3 Å². The summed E-state index contributed by atoms with van der Waals surface area (Å²) in [6.45, 7) is 2.11. The van der Waals surface area contributed by atoms with Crippen LogP contribution in [-0.4, -0.2) is 27.2 Å². The average molecular weight is 221 g/mol. The smallest absolute Gasteiger partial charge is 0.0753 e. The molecule has 2 rings (SSSR count). The molecule has 16 heavy (non-hydrogen) atoms. The van der Waals surface area contributed by atoms with Crippen molar-refractivity contribution in [2.75, 3.05) is 0 Å². The van der Waals surface area contributed by atoms with Crippen molar-refractivity contribution < 1.29 is 5.11 Å². The van der Waals surface area contributed by atoms with Crippen LogP contribution in [0.4, 0.5) is 0 Å². The molecule has 88 valence electrons. The summed E-state index contributed by atoms with van der Waals surface area (Å²) in [7, 11) is 0. The van der Waals surface area contributed by atoms with E-state index in [1.54, 1.807) is 18.6 Å². The minimum atomic E-state index is -0.0927. The summed E-state index contributed by atoms with van der Waals surface area (Å²) in [5.74, 6) is 0. The van der Waals surface area contributed by atoms with E-state index < -0.39 is 0 Å². The largest absolute Gasteiger partial charge is 0.393 e. The van der Waals surface area contributed by atoms with E-state index in [1.807, 2.05) is 0 Å². The molecular weight excluding hydrogens is 202 g/mol. The fraction of sp³-hybridized carbons (Fsp3) is 0.667. The SMILES string of the molecule is C[C@@H](NC1CCC(O)CC1)c1cnccn1. The highest BCUT2D eigenvalue weighted by molar-refractivity contribution is 5.01. The van der Waals surface area contributed by atoms with E-state index in [4.69, 9.17) is 0 Å². The van der Waals surface area contributed by atoms with E-state index in [-0.39, 0.29) is 12.1 Å². The van der Waals surface area contributed by atoms with Gasteiger partial charge in [-0.3, -0.25) is 9.97 Å². The third kappa shape index (κ3) is 3.00. The Morgan fingerprint density at radius 3 is 2.69 bits per heavy atom. The monoisotopic (exact) mass is 221 g/mol. The molecule has 1 aromatic rings. The van der Waals surface area contributed by atoms with Gasteiger partial charge in [-0.15, -0.1) is 0 Å². The van der Waals surface area contributed by atoms with Crippen molar-refractivity contribution in [2.45, 2.75) is 50.8 Å². The fourth-order valence-electron chi connectivity index (χ4n) is 2.22. The summed E-state index contributed by atoms with van der Waals surface area (Å²) in [4.78, 5) is 8.35. The standard InChI is InChI=1S/C12H19N3O/c1-9(12-8-13-6-7-14-12)15-10-2-4-11(16)5-3-10/h6-11,15-16H,2-5H2,1H3/t9-,10?,11?/m1/s1. The summed E-state index contributed by atoms with van der Waals surface area (Å²) in [5, 5.41) is 13.0. The van der Waals surface area contributed by atoms with E-state index in [2.05, 4.69) is 22.2 Å². The van der Waals surface area contributed by atoms with Gasteiger partial charge in [-0.05, 0) is 32.6 Å². The van der Waals surface area contributed by atoms with E-state index >= 15 is 0 Å². The maximum Gasteiger partial charge on any atom is 0.0753 e. The van der Waals surface area contributed by atoms with Crippen molar-refractivity contribution in [3.05, 3.63) is 24.3 Å². The molecule has 0 spiro atoms. The Morgan fingerprint density at radius 2 is 2.06 bits per heavy atom. The summed E-state index contributed by atoms with van der Waals surface area (Å²) in [6, 6.07) is 0.731. The van der Waals surface area contributed by atoms with Gasteiger partial charge in [0.25, 0.3) is 0 Å². The molecule has 1 aliphatic carbocycles. The first-order valence-electron chi connectivity index (χ1n) is 5.95. The van der Waals surface area contributed by atoms with E-state index in [1.165, 1.54) is 0 Å². The van der Waals surface area contributed by atoms with Gasteiger partial charge < -0.3 is 10.4 Å². The first kappa shape index (κ1) is 11.5. The summed E-state index contributed by atoms with van der Waals surface area (Å²) >= 11 is 0. The minimum Gasteiger partial charge on any atom is -0.393 e. The molecule has 0 bridgehead atoms. The van der Waals surface area contributed by atoms with Gasteiger partial charge in [0.2, 0.25) is 0 Å². The zero-order valence-corrected chi connectivity index (χ0v) is 9.63. The number of aromatic nitrogens is 2. The molecule has 4 nitrogen and oxygen atoms in total. The number of nitrogens with zero attached hydrogens (tertiary/aromatic N) is 2. The Kier molecular flexibility index (Phi) is 3.85. The third-order valence-electron chi connectivity index (χ3n) is 3.21. The van der Waals surface area contributed by atoms with Crippen molar-refractivity contribution in [3.63, 3.8) is 0 Å². The van der Waals surface area contributed by atoms with Crippen LogP contribution < -0.4 is 5.32 Å². The second-order valence-electron chi connectivity index (χ2n) is 4.52. The molecule has 0 aromatic carbocycles. The maximum absolute atomic E-state index is 9.43. The molecule has 0 aliphatic heterocycles. The molecule has 1 fully saturated rings. The Bertz CT molecular complexity index is 309. The van der Waals surface area contributed by atoms with Crippen LogP contribution in [0.2, 0.25) is 0 Å². The van der Waals surface area contributed by atoms with Crippen molar-refractivity contribution >= 4 is 0 Å². The van der Waals surface area contributed by atoms with Crippen molar-refractivity contribution in [2.24, 2.45) is 0 Å². The first-order chi connectivity index (χ1) is 7.75. The number of aliphatic hydroxyl groups excluding tert-OH is 1. The van der Waals surface area contributed by atoms with Gasteiger partial charge in [0.05, 0.1) is 11.8 Å². The lowest BCUT2D eigenvalue weighted by Crippen LogP contribution is -2.36. The summed E-state index contributed by atoms with van der Waals surface area (Å²) in [5.41, 5.74) is 0.980. The van der Waals surface area contributed by atoms with Gasteiger partial charge in [-0.25, -0.2) is 0 Å². The highest BCUT2D eigenvalue weighted by atomic mass is 16.3. The molecule has 0 saturated heterocycles. The number of hydrogen-bond acceptors (Lipinski definition) is 4. The second-order valence-corrected chi connectivity index (χ2v) is 4.52. The topological polar surface area (TPSA) is 58.0 Å². The molecule has 1 atom stereocenters. The molecule has 0 amide bonds. The van der Waals surface area contributed by atoms with E-state index in [0.29, 0.717) is 6.04 Å². The van der Waals surface area contributed by atoms with Crippen LogP contribution in [0.5, 0.6) is 0 Å². The van der Waals surface area contributed by atoms with E-state index in [9.17, 15) is 5.11 Å². The Hall–Kier alpha value is -1.00. The van der Waals surface area contributed by atoms with Crippen molar-refractivity contribution in [3.8, 4) is 0 Å². The zero-order valence-electron chi connectivity index (χ0n) is 9.63. The van der Waals surface area contributed by atoms with Gasteiger partial charge in [-0.1, -0.05) is 0 Å². The molecule has 2 N–H and O–H groups in total. The van der Waals surface area contributed by atoms with Gasteiger partial charge in [0.1, 0.15) is 0 Å². The lowest BCUT2D eigenvalue weighted by atomic mass is 9.92. The van der Waals surface area contributed by atoms with Gasteiger partial charge in [0, 0.05) is 30.7 Å². The van der Waals surface area contributed by atoms with Gasteiger partial charge in [-0.2, -0.15) is 0 Å². The van der Waals surface area contributed by atoms with Gasteiger partial charge in [0.15, 0.2) is 0 Å². The maximum atomic E-state index is 9.43. The Balaban J connectivity index is 1.86. The summed E-state index contributed by atoms with van der Waals surface area (Å²) < 4.78 is 0. The van der Waals surface area contributed by atoms with Crippen LogP contribution in [0.15, 0.2) is 18.6 Å². The van der Waals surface area contributed by atoms with Crippen LogP contribution in [0.25, 0.3) is 0 Å². The lowest BCUT2D eigenvalue weighted by molar-refractivity contribution is 0.114. The quantitative estimate of drug-likeness (QED) is 0.810. The lowest BCUT2D eigenvalue weighted by Gasteiger charge is -2.28. The molecule has 1 aromatic heterocycles. The molecular formula is C12H19N3O. The molecule has 4 heteroatoms. The fourth-order valence-corrected chi connectivity index (χ4v) is 2.22. The molecule has 1 heterocycles. The Labute approximate surface area is 96.1 Å². The molecule has 1 aliphatic rings. The minimum absolute atomic E-state index is 0.0927. The second kappa shape index (κ2) is 5.37. The van der Waals surface area contributed by atoms with Crippen LogP contribution >= 0.6 is 0 Å². The zero-order chi connectivity index (χ0) is 11.4. The molecule has 0 unspecified atom stereocenters. The Morgan fingerprint density at radius 1 is 1.31 bits per heavy atom. The average Bonchev–Trinajstić information content (AvgIpc) is 2.33. The molecule has 1 saturated carbocycles.